The van der Waals surface area contributed by atoms with Crippen LogP contribution in [0.3, 0.4) is 0 Å². The summed E-state index contributed by atoms with van der Waals surface area (Å²) in [5.41, 5.74) is 2.12. The molecule has 2 fully saturated rings. The third-order valence-electron chi connectivity index (χ3n) is 4.84. The second kappa shape index (κ2) is 4.84. The number of amides is 1. The molecule has 5 nitrogen and oxygen atoms in total. The van der Waals surface area contributed by atoms with Crippen LogP contribution in [-0.4, -0.2) is 39.8 Å². The highest BCUT2D eigenvalue weighted by Gasteiger charge is 2.43. The van der Waals surface area contributed by atoms with Crippen LogP contribution >= 0.6 is 0 Å². The van der Waals surface area contributed by atoms with Gasteiger partial charge in [-0.15, -0.1) is 0 Å². The molecule has 21 heavy (non-hydrogen) atoms. The highest BCUT2D eigenvalue weighted by molar-refractivity contribution is 5.79. The van der Waals surface area contributed by atoms with Crippen LogP contribution in [0, 0.1) is 5.41 Å². The Bertz CT molecular complexity index is 639. The van der Waals surface area contributed by atoms with E-state index in [4.69, 9.17) is 0 Å². The number of nitrogens with zero attached hydrogens (tertiary/aromatic N) is 3. The molecule has 5 heteroatoms. The van der Waals surface area contributed by atoms with Crippen molar-refractivity contribution in [2.45, 2.75) is 25.8 Å². The van der Waals surface area contributed by atoms with Gasteiger partial charge in [0.05, 0.1) is 12.2 Å². The molecule has 2 saturated heterocycles. The Kier molecular flexibility index (Phi) is 2.96. The zero-order valence-corrected chi connectivity index (χ0v) is 12.1. The van der Waals surface area contributed by atoms with Gasteiger partial charge >= 0.3 is 0 Å². The van der Waals surface area contributed by atoms with Crippen LogP contribution in [0.1, 0.15) is 25.0 Å². The normalized spacial score (nSPS) is 21.5. The van der Waals surface area contributed by atoms with E-state index in [0.29, 0.717) is 13.0 Å². The van der Waals surface area contributed by atoms with Crippen LogP contribution < -0.4 is 5.32 Å². The van der Waals surface area contributed by atoms with Crippen molar-refractivity contribution in [3.05, 3.63) is 36.3 Å². The van der Waals surface area contributed by atoms with Gasteiger partial charge in [-0.25, -0.2) is 4.98 Å². The zero-order valence-electron chi connectivity index (χ0n) is 12.1. The number of aromatic nitrogens is 2. The van der Waals surface area contributed by atoms with Gasteiger partial charge in [-0.2, -0.15) is 0 Å². The van der Waals surface area contributed by atoms with Gasteiger partial charge in [0.15, 0.2) is 0 Å². The first-order valence-corrected chi connectivity index (χ1v) is 7.65. The summed E-state index contributed by atoms with van der Waals surface area (Å²) >= 11 is 0. The number of hydrogen-bond donors (Lipinski definition) is 1. The van der Waals surface area contributed by atoms with E-state index in [1.807, 2.05) is 39.9 Å². The fourth-order valence-corrected chi connectivity index (χ4v) is 3.68. The van der Waals surface area contributed by atoms with E-state index in [1.54, 1.807) is 0 Å². The van der Waals surface area contributed by atoms with Gasteiger partial charge in [0.25, 0.3) is 0 Å². The molecule has 2 aromatic rings. The predicted octanol–water partition coefficient (Wildman–Crippen LogP) is 1.44. The van der Waals surface area contributed by atoms with Crippen molar-refractivity contribution in [2.75, 3.05) is 19.6 Å². The standard InChI is InChI=1S/C16H20N4O/c21-15-9-16(4-6-17-7-5-16)12-20(15)11-13-10-19-8-2-1-3-14(19)18-13/h1-3,8,10,17H,4-7,9,11-12H2. The van der Waals surface area contributed by atoms with Crippen LogP contribution in [0.15, 0.2) is 30.6 Å². The Morgan fingerprint density at radius 1 is 1.29 bits per heavy atom. The fourth-order valence-electron chi connectivity index (χ4n) is 3.68. The molecule has 0 unspecified atom stereocenters. The van der Waals surface area contributed by atoms with E-state index < -0.39 is 0 Å². The van der Waals surface area contributed by atoms with Crippen LogP contribution in [0.2, 0.25) is 0 Å². The van der Waals surface area contributed by atoms with E-state index in [1.165, 1.54) is 0 Å². The van der Waals surface area contributed by atoms with Crippen molar-refractivity contribution < 1.29 is 4.79 Å². The first-order chi connectivity index (χ1) is 10.2. The van der Waals surface area contributed by atoms with Crippen molar-refractivity contribution in [1.29, 1.82) is 0 Å². The average Bonchev–Trinajstić information content (AvgIpc) is 3.01. The second-order valence-electron chi connectivity index (χ2n) is 6.37. The van der Waals surface area contributed by atoms with Gasteiger partial charge in [-0.1, -0.05) is 6.07 Å². The zero-order chi connectivity index (χ0) is 14.3. The fraction of sp³-hybridized carbons (Fsp3) is 0.500. The highest BCUT2D eigenvalue weighted by Crippen LogP contribution is 2.39. The molecule has 4 rings (SSSR count). The average molecular weight is 284 g/mol. The summed E-state index contributed by atoms with van der Waals surface area (Å²) in [6.07, 6.45) is 6.95. The Morgan fingerprint density at radius 2 is 2.14 bits per heavy atom. The summed E-state index contributed by atoms with van der Waals surface area (Å²) in [5, 5.41) is 3.39. The topological polar surface area (TPSA) is 49.6 Å². The molecule has 2 aliphatic rings. The molecule has 0 atom stereocenters. The quantitative estimate of drug-likeness (QED) is 0.908. The van der Waals surface area contributed by atoms with Crippen molar-refractivity contribution >= 4 is 11.6 Å². The summed E-state index contributed by atoms with van der Waals surface area (Å²) in [6, 6.07) is 5.96. The number of likely N-dealkylation sites (tertiary alicyclic amines) is 1. The van der Waals surface area contributed by atoms with Gasteiger partial charge in [-0.05, 0) is 43.5 Å². The summed E-state index contributed by atoms with van der Waals surface area (Å²) in [7, 11) is 0. The minimum absolute atomic E-state index is 0.210. The van der Waals surface area contributed by atoms with Gasteiger partial charge in [0.1, 0.15) is 5.65 Å². The molecule has 1 spiro atoms. The lowest BCUT2D eigenvalue weighted by Gasteiger charge is -2.32. The Morgan fingerprint density at radius 3 is 2.95 bits per heavy atom. The highest BCUT2D eigenvalue weighted by atomic mass is 16.2. The maximum absolute atomic E-state index is 12.3. The minimum atomic E-state index is 0.210. The molecular weight excluding hydrogens is 264 g/mol. The molecule has 1 amide bonds. The number of carbonyl (C=O) groups excluding carboxylic acids is 1. The largest absolute Gasteiger partial charge is 0.336 e. The van der Waals surface area contributed by atoms with Gasteiger partial charge in [-0.3, -0.25) is 4.79 Å². The lowest BCUT2D eigenvalue weighted by Crippen LogP contribution is -2.38. The van der Waals surface area contributed by atoms with E-state index in [9.17, 15) is 4.79 Å². The smallest absolute Gasteiger partial charge is 0.223 e. The lowest BCUT2D eigenvalue weighted by molar-refractivity contribution is -0.128. The predicted molar refractivity (Wildman–Crippen MR) is 79.8 cm³/mol. The van der Waals surface area contributed by atoms with Crippen LogP contribution in [0.25, 0.3) is 5.65 Å². The first kappa shape index (κ1) is 12.8. The van der Waals surface area contributed by atoms with Crippen molar-refractivity contribution in [3.8, 4) is 0 Å². The molecule has 0 radical (unpaired) electrons. The van der Waals surface area contributed by atoms with E-state index >= 15 is 0 Å². The SMILES string of the molecule is O=C1CC2(CCNCC2)CN1Cc1cn2ccccc2n1. The number of hydrogen-bond acceptors (Lipinski definition) is 3. The summed E-state index contributed by atoms with van der Waals surface area (Å²) in [6.45, 7) is 3.60. The summed E-state index contributed by atoms with van der Waals surface area (Å²) in [5.74, 6) is 0.286. The van der Waals surface area contributed by atoms with Crippen LogP contribution in [0.5, 0.6) is 0 Å². The molecule has 0 aromatic carbocycles. The van der Waals surface area contributed by atoms with E-state index in [2.05, 4.69) is 10.3 Å². The lowest BCUT2D eigenvalue weighted by atomic mass is 9.78. The second-order valence-corrected chi connectivity index (χ2v) is 6.37. The number of rotatable bonds is 2. The van der Waals surface area contributed by atoms with Crippen LogP contribution in [-0.2, 0) is 11.3 Å². The number of piperidine rings is 1. The first-order valence-electron chi connectivity index (χ1n) is 7.65. The van der Waals surface area contributed by atoms with E-state index in [0.717, 1.165) is 43.8 Å². The number of pyridine rings is 1. The maximum Gasteiger partial charge on any atom is 0.223 e. The molecule has 4 heterocycles. The number of imidazole rings is 1. The molecule has 2 aromatic heterocycles. The Labute approximate surface area is 124 Å². The van der Waals surface area contributed by atoms with Crippen molar-refractivity contribution in [2.24, 2.45) is 5.41 Å². The molecule has 110 valence electrons. The van der Waals surface area contributed by atoms with Crippen molar-refractivity contribution in [3.63, 3.8) is 0 Å². The summed E-state index contributed by atoms with van der Waals surface area (Å²) < 4.78 is 2.01. The van der Waals surface area contributed by atoms with Gasteiger partial charge in [0.2, 0.25) is 5.91 Å². The Balaban J connectivity index is 1.52. The molecule has 0 aliphatic carbocycles. The number of nitrogens with one attached hydrogen (secondary N) is 1. The van der Waals surface area contributed by atoms with Gasteiger partial charge < -0.3 is 14.6 Å². The molecule has 1 N–H and O–H groups in total. The molecular formula is C16H20N4O. The monoisotopic (exact) mass is 284 g/mol. The summed E-state index contributed by atoms with van der Waals surface area (Å²) in [4.78, 5) is 18.9. The molecule has 2 aliphatic heterocycles. The Hall–Kier alpha value is -1.88. The number of carbonyl (C=O) groups is 1. The van der Waals surface area contributed by atoms with Crippen LogP contribution in [0.4, 0.5) is 0 Å². The maximum atomic E-state index is 12.3. The van der Waals surface area contributed by atoms with Crippen molar-refractivity contribution in [1.82, 2.24) is 19.6 Å². The minimum Gasteiger partial charge on any atom is -0.336 e. The molecule has 0 bridgehead atoms. The number of fused-ring (bicyclic) bond motifs is 1. The third-order valence-corrected chi connectivity index (χ3v) is 4.84. The third kappa shape index (κ3) is 2.31. The van der Waals surface area contributed by atoms with E-state index in [-0.39, 0.29) is 11.3 Å². The van der Waals surface area contributed by atoms with Gasteiger partial charge in [0, 0.05) is 25.4 Å². The molecule has 0 saturated carbocycles.